The van der Waals surface area contributed by atoms with Crippen LogP contribution in [0.25, 0.3) is 0 Å². The molecule has 16 heavy (non-hydrogen) atoms. The van der Waals surface area contributed by atoms with Crippen molar-refractivity contribution in [1.82, 2.24) is 4.98 Å². The predicted molar refractivity (Wildman–Crippen MR) is 56.0 cm³/mol. The summed E-state index contributed by atoms with van der Waals surface area (Å²) in [6.07, 6.45) is -2.18. The topological polar surface area (TPSA) is 70.2 Å². The van der Waals surface area contributed by atoms with E-state index in [1.807, 2.05) is 0 Å². The number of carboxylic acids is 1. The lowest BCUT2D eigenvalue weighted by molar-refractivity contribution is -0.136. The minimum absolute atomic E-state index is 0.0131. The van der Waals surface area contributed by atoms with Crippen LogP contribution in [-0.4, -0.2) is 16.1 Å². The molecule has 0 fully saturated rings. The smallest absolute Gasteiger partial charge is 0.307 e. The molecular formula is C9H8BrF2NO3. The number of pyridine rings is 1. The average molecular weight is 296 g/mol. The molecule has 0 aliphatic heterocycles. The van der Waals surface area contributed by atoms with E-state index in [0.29, 0.717) is 0 Å². The Morgan fingerprint density at radius 3 is 2.62 bits per heavy atom. The van der Waals surface area contributed by atoms with Gasteiger partial charge in [-0.2, -0.15) is 0 Å². The van der Waals surface area contributed by atoms with Crippen molar-refractivity contribution in [3.05, 3.63) is 33.2 Å². The van der Waals surface area contributed by atoms with Crippen LogP contribution in [0.15, 0.2) is 11.0 Å². The molecule has 0 amide bonds. The van der Waals surface area contributed by atoms with Crippen LogP contribution in [-0.2, 0) is 16.5 Å². The Labute approximate surface area is 97.4 Å². The minimum atomic E-state index is -2.93. The highest BCUT2D eigenvalue weighted by Gasteiger charge is 2.20. The lowest BCUT2D eigenvalue weighted by atomic mass is 10.0. The Morgan fingerprint density at radius 1 is 1.56 bits per heavy atom. The van der Waals surface area contributed by atoms with Crippen LogP contribution in [0.2, 0.25) is 0 Å². The maximum absolute atomic E-state index is 12.6. The first-order chi connectivity index (χ1) is 7.47. The molecule has 0 saturated carbocycles. The molecule has 0 aliphatic carbocycles. The summed E-state index contributed by atoms with van der Waals surface area (Å²) in [5.41, 5.74) is -1.34. The third-order valence-corrected chi connectivity index (χ3v) is 2.59. The third-order valence-electron chi connectivity index (χ3n) is 2.03. The van der Waals surface area contributed by atoms with Crippen LogP contribution in [0.4, 0.5) is 8.78 Å². The van der Waals surface area contributed by atoms with E-state index >= 15 is 0 Å². The molecule has 1 heterocycles. The second-order valence-electron chi connectivity index (χ2n) is 3.04. The molecule has 4 nitrogen and oxygen atoms in total. The second-order valence-corrected chi connectivity index (χ2v) is 3.60. The van der Waals surface area contributed by atoms with Gasteiger partial charge in [-0.05, 0) is 11.1 Å². The van der Waals surface area contributed by atoms with Gasteiger partial charge in [-0.3, -0.25) is 9.59 Å². The van der Waals surface area contributed by atoms with Crippen LogP contribution in [0, 0.1) is 0 Å². The first-order valence-electron chi connectivity index (χ1n) is 4.26. The number of rotatable bonds is 4. The molecule has 1 rings (SSSR count). The van der Waals surface area contributed by atoms with Crippen molar-refractivity contribution in [1.29, 1.82) is 0 Å². The van der Waals surface area contributed by atoms with E-state index in [2.05, 4.69) is 20.9 Å². The number of H-pyrrole nitrogens is 1. The molecule has 7 heteroatoms. The van der Waals surface area contributed by atoms with Crippen molar-refractivity contribution >= 4 is 21.9 Å². The summed E-state index contributed by atoms with van der Waals surface area (Å²) in [7, 11) is 0. The largest absolute Gasteiger partial charge is 0.481 e. The number of carbonyl (C=O) groups is 1. The number of hydrogen-bond donors (Lipinski definition) is 2. The Kier molecular flexibility index (Phi) is 4.17. The molecular weight excluding hydrogens is 288 g/mol. The van der Waals surface area contributed by atoms with Crippen LogP contribution >= 0.6 is 15.9 Å². The van der Waals surface area contributed by atoms with Gasteiger partial charge in [0.05, 0.1) is 12.0 Å². The first kappa shape index (κ1) is 12.8. The summed E-state index contributed by atoms with van der Waals surface area (Å²) < 4.78 is 25.2. The van der Waals surface area contributed by atoms with Crippen molar-refractivity contribution in [2.45, 2.75) is 18.2 Å². The van der Waals surface area contributed by atoms with Crippen molar-refractivity contribution in [2.24, 2.45) is 0 Å². The molecule has 0 spiro atoms. The maximum Gasteiger partial charge on any atom is 0.307 e. The zero-order valence-corrected chi connectivity index (χ0v) is 9.55. The molecule has 0 saturated heterocycles. The predicted octanol–water partition coefficient (Wildman–Crippen LogP) is 1.83. The van der Waals surface area contributed by atoms with Gasteiger partial charge in [0, 0.05) is 11.5 Å². The fraction of sp³-hybridized carbons (Fsp3) is 0.333. The lowest BCUT2D eigenvalue weighted by Gasteiger charge is -2.09. The summed E-state index contributed by atoms with van der Waals surface area (Å²) in [5.74, 6) is -1.14. The van der Waals surface area contributed by atoms with Gasteiger partial charge in [-0.25, -0.2) is 8.78 Å². The molecule has 2 N–H and O–H groups in total. The minimum Gasteiger partial charge on any atom is -0.481 e. The van der Waals surface area contributed by atoms with Gasteiger partial charge in [-0.15, -0.1) is 0 Å². The summed E-state index contributed by atoms with van der Waals surface area (Å²) in [5, 5.41) is 8.60. The molecule has 1 aromatic heterocycles. The number of aromatic amines is 1. The fourth-order valence-corrected chi connectivity index (χ4v) is 2.00. The van der Waals surface area contributed by atoms with Gasteiger partial charge in [0.15, 0.2) is 0 Å². The van der Waals surface area contributed by atoms with Crippen LogP contribution in [0.3, 0.4) is 0 Å². The number of hydrogen-bond acceptors (Lipinski definition) is 2. The zero-order valence-electron chi connectivity index (χ0n) is 7.97. The summed E-state index contributed by atoms with van der Waals surface area (Å²) >= 11 is 2.97. The molecule has 88 valence electrons. The second kappa shape index (κ2) is 5.20. The molecule has 0 atom stereocenters. The standard InChI is InChI=1S/C9H8BrF2NO3/c10-2-5-4(1-6(14)15)3-13-9(16)7(5)8(11)12/h3,8H,1-2H2,(H,13,16)(H,14,15). The van der Waals surface area contributed by atoms with E-state index in [1.54, 1.807) is 0 Å². The van der Waals surface area contributed by atoms with Crippen LogP contribution < -0.4 is 5.56 Å². The van der Waals surface area contributed by atoms with Gasteiger partial charge < -0.3 is 10.1 Å². The van der Waals surface area contributed by atoms with Gasteiger partial charge in [0.1, 0.15) is 0 Å². The summed E-state index contributed by atoms with van der Waals surface area (Å²) in [6, 6.07) is 0. The summed E-state index contributed by atoms with van der Waals surface area (Å²) in [6.45, 7) is 0. The van der Waals surface area contributed by atoms with Crippen LogP contribution in [0.5, 0.6) is 0 Å². The maximum atomic E-state index is 12.6. The van der Waals surface area contributed by atoms with E-state index in [4.69, 9.17) is 5.11 Å². The number of alkyl halides is 3. The van der Waals surface area contributed by atoms with Crippen molar-refractivity contribution in [2.75, 3.05) is 0 Å². The molecule has 0 unspecified atom stereocenters. The normalized spacial score (nSPS) is 10.8. The number of halogens is 3. The van der Waals surface area contributed by atoms with E-state index in [1.165, 1.54) is 0 Å². The third kappa shape index (κ3) is 2.66. The van der Waals surface area contributed by atoms with Crippen LogP contribution in [0.1, 0.15) is 23.1 Å². The quantitative estimate of drug-likeness (QED) is 0.833. The Hall–Kier alpha value is -1.24. The number of aliphatic carboxylic acids is 1. The molecule has 0 radical (unpaired) electrons. The highest BCUT2D eigenvalue weighted by molar-refractivity contribution is 9.08. The molecule has 0 bridgehead atoms. The van der Waals surface area contributed by atoms with Gasteiger partial charge in [0.25, 0.3) is 12.0 Å². The Morgan fingerprint density at radius 2 is 2.19 bits per heavy atom. The van der Waals surface area contributed by atoms with E-state index in [9.17, 15) is 18.4 Å². The summed E-state index contributed by atoms with van der Waals surface area (Å²) in [4.78, 5) is 23.8. The van der Waals surface area contributed by atoms with E-state index < -0.39 is 29.9 Å². The van der Waals surface area contributed by atoms with Crippen molar-refractivity contribution in [3.63, 3.8) is 0 Å². The van der Waals surface area contributed by atoms with Gasteiger partial charge in [0.2, 0.25) is 0 Å². The molecule has 0 aliphatic rings. The highest BCUT2D eigenvalue weighted by Crippen LogP contribution is 2.23. The number of aromatic nitrogens is 1. The van der Waals surface area contributed by atoms with E-state index in [-0.39, 0.29) is 16.5 Å². The highest BCUT2D eigenvalue weighted by atomic mass is 79.9. The average Bonchev–Trinajstić information content (AvgIpc) is 2.18. The van der Waals surface area contributed by atoms with E-state index in [0.717, 1.165) is 6.20 Å². The monoisotopic (exact) mass is 295 g/mol. The Bertz CT molecular complexity index is 459. The Balaban J connectivity index is 3.36. The number of nitrogens with one attached hydrogen (secondary N) is 1. The SMILES string of the molecule is O=C(O)Cc1c[nH]c(=O)c(C(F)F)c1CBr. The molecule has 1 aromatic rings. The van der Waals surface area contributed by atoms with Crippen molar-refractivity contribution in [3.8, 4) is 0 Å². The fourth-order valence-electron chi connectivity index (χ4n) is 1.34. The van der Waals surface area contributed by atoms with Crippen molar-refractivity contribution < 1.29 is 18.7 Å². The van der Waals surface area contributed by atoms with Gasteiger partial charge in [-0.1, -0.05) is 15.9 Å². The zero-order chi connectivity index (χ0) is 12.3. The number of carboxylic acid groups (broad SMARTS) is 1. The lowest BCUT2D eigenvalue weighted by Crippen LogP contribution is -2.18. The van der Waals surface area contributed by atoms with Gasteiger partial charge >= 0.3 is 5.97 Å². The first-order valence-corrected chi connectivity index (χ1v) is 5.38. The molecule has 0 aromatic carbocycles.